The highest BCUT2D eigenvalue weighted by molar-refractivity contribution is 5.26. The van der Waals surface area contributed by atoms with Crippen LogP contribution in [0.15, 0.2) is 24.3 Å². The molecule has 2 heteroatoms. The molecule has 3 rings (SSSR count). The van der Waals surface area contributed by atoms with Gasteiger partial charge in [0.15, 0.2) is 0 Å². The third kappa shape index (κ3) is 4.82. The average molecular weight is 287 g/mol. The van der Waals surface area contributed by atoms with E-state index in [-0.39, 0.29) is 0 Å². The van der Waals surface area contributed by atoms with Gasteiger partial charge in [-0.05, 0) is 68.5 Å². The van der Waals surface area contributed by atoms with E-state index in [1.807, 2.05) is 0 Å². The second-order valence-corrected chi connectivity index (χ2v) is 6.94. The van der Waals surface area contributed by atoms with E-state index in [4.69, 9.17) is 4.74 Å². The lowest BCUT2D eigenvalue weighted by Gasteiger charge is -2.26. The molecule has 0 unspecified atom stereocenters. The van der Waals surface area contributed by atoms with Crippen LogP contribution in [0.25, 0.3) is 0 Å². The van der Waals surface area contributed by atoms with Crippen LogP contribution >= 0.6 is 0 Å². The minimum Gasteiger partial charge on any atom is -0.374 e. The van der Waals surface area contributed by atoms with E-state index < -0.39 is 0 Å². The quantitative estimate of drug-likeness (QED) is 0.816. The monoisotopic (exact) mass is 287 g/mol. The lowest BCUT2D eigenvalue weighted by Crippen LogP contribution is -2.21. The van der Waals surface area contributed by atoms with Gasteiger partial charge >= 0.3 is 0 Å². The summed E-state index contributed by atoms with van der Waals surface area (Å²) in [6.07, 6.45) is 9.49. The van der Waals surface area contributed by atoms with Gasteiger partial charge in [0.25, 0.3) is 0 Å². The number of ether oxygens (including phenoxy) is 1. The van der Waals surface area contributed by atoms with Gasteiger partial charge in [-0.3, -0.25) is 0 Å². The molecule has 2 saturated carbocycles. The van der Waals surface area contributed by atoms with Crippen molar-refractivity contribution in [2.75, 3.05) is 6.54 Å². The summed E-state index contributed by atoms with van der Waals surface area (Å²) >= 11 is 0. The second-order valence-electron chi connectivity index (χ2n) is 6.94. The van der Waals surface area contributed by atoms with Crippen molar-refractivity contribution >= 4 is 0 Å². The highest BCUT2D eigenvalue weighted by Gasteiger charge is 2.20. The summed E-state index contributed by atoms with van der Waals surface area (Å²) in [7, 11) is 0. The van der Waals surface area contributed by atoms with Gasteiger partial charge in [0.2, 0.25) is 0 Å². The SMILES string of the molecule is CC1CCC(OCc2ccccc2CCNC2CC2)CC1. The summed E-state index contributed by atoms with van der Waals surface area (Å²) in [5.74, 6) is 0.894. The molecule has 1 aromatic carbocycles. The molecule has 0 bridgehead atoms. The van der Waals surface area contributed by atoms with Crippen LogP contribution in [-0.4, -0.2) is 18.7 Å². The minimum atomic E-state index is 0.485. The first-order valence-corrected chi connectivity index (χ1v) is 8.73. The molecule has 1 aromatic rings. The van der Waals surface area contributed by atoms with Crippen molar-refractivity contribution in [3.8, 4) is 0 Å². The van der Waals surface area contributed by atoms with Gasteiger partial charge in [-0.2, -0.15) is 0 Å². The molecule has 0 atom stereocenters. The number of hydrogen-bond acceptors (Lipinski definition) is 2. The van der Waals surface area contributed by atoms with E-state index >= 15 is 0 Å². The first-order chi connectivity index (χ1) is 10.3. The molecule has 0 amide bonds. The topological polar surface area (TPSA) is 21.3 Å². The molecule has 2 nitrogen and oxygen atoms in total. The molecular weight excluding hydrogens is 258 g/mol. The fourth-order valence-electron chi connectivity index (χ4n) is 3.24. The van der Waals surface area contributed by atoms with Crippen LogP contribution in [0, 0.1) is 5.92 Å². The molecule has 2 aliphatic carbocycles. The predicted octanol–water partition coefficient (Wildman–Crippen LogP) is 4.08. The Morgan fingerprint density at radius 1 is 1.00 bits per heavy atom. The van der Waals surface area contributed by atoms with Gasteiger partial charge in [-0.1, -0.05) is 31.2 Å². The van der Waals surface area contributed by atoms with Crippen molar-refractivity contribution < 1.29 is 4.74 Å². The molecule has 21 heavy (non-hydrogen) atoms. The molecule has 1 N–H and O–H groups in total. The Bertz CT molecular complexity index is 433. The van der Waals surface area contributed by atoms with Crippen LogP contribution in [0.2, 0.25) is 0 Å². The van der Waals surface area contributed by atoms with E-state index in [0.717, 1.165) is 31.5 Å². The molecule has 0 aliphatic heterocycles. The van der Waals surface area contributed by atoms with E-state index in [0.29, 0.717) is 6.10 Å². The molecule has 0 aromatic heterocycles. The molecule has 2 aliphatic rings. The van der Waals surface area contributed by atoms with Crippen LogP contribution < -0.4 is 5.32 Å². The summed E-state index contributed by atoms with van der Waals surface area (Å²) in [6, 6.07) is 9.59. The fraction of sp³-hybridized carbons (Fsp3) is 0.684. The third-order valence-electron chi connectivity index (χ3n) is 4.96. The van der Waals surface area contributed by atoms with Crippen LogP contribution in [-0.2, 0) is 17.8 Å². The smallest absolute Gasteiger partial charge is 0.0723 e. The minimum absolute atomic E-state index is 0.485. The van der Waals surface area contributed by atoms with E-state index in [1.165, 1.54) is 49.7 Å². The van der Waals surface area contributed by atoms with Crippen molar-refractivity contribution in [1.82, 2.24) is 5.32 Å². The molecule has 116 valence electrons. The van der Waals surface area contributed by atoms with Gasteiger partial charge in [0.1, 0.15) is 0 Å². The molecule has 2 fully saturated rings. The summed E-state index contributed by atoms with van der Waals surface area (Å²) in [6.45, 7) is 4.25. The molecule has 0 radical (unpaired) electrons. The van der Waals surface area contributed by atoms with Crippen LogP contribution in [0.1, 0.15) is 56.6 Å². The highest BCUT2D eigenvalue weighted by atomic mass is 16.5. The first kappa shape index (κ1) is 15.1. The zero-order chi connectivity index (χ0) is 14.5. The molecular formula is C19H29NO. The highest BCUT2D eigenvalue weighted by Crippen LogP contribution is 2.26. The third-order valence-corrected chi connectivity index (χ3v) is 4.96. The zero-order valence-electron chi connectivity index (χ0n) is 13.3. The van der Waals surface area contributed by atoms with Gasteiger partial charge in [0.05, 0.1) is 12.7 Å². The largest absolute Gasteiger partial charge is 0.374 e. The standard InChI is InChI=1S/C19H29NO/c1-15-6-10-19(11-7-15)21-14-17-5-3-2-4-16(17)12-13-20-18-8-9-18/h2-5,15,18-20H,6-14H2,1H3. The Kier molecular flexibility index (Phi) is 5.32. The maximum absolute atomic E-state index is 6.18. The zero-order valence-corrected chi connectivity index (χ0v) is 13.3. The summed E-state index contributed by atoms with van der Waals surface area (Å²) in [4.78, 5) is 0. The van der Waals surface area contributed by atoms with Crippen molar-refractivity contribution in [1.29, 1.82) is 0 Å². The predicted molar refractivity (Wildman–Crippen MR) is 87.4 cm³/mol. The Morgan fingerprint density at radius 2 is 1.71 bits per heavy atom. The molecule has 0 spiro atoms. The number of nitrogens with one attached hydrogen (secondary N) is 1. The Balaban J connectivity index is 1.47. The van der Waals surface area contributed by atoms with Crippen LogP contribution in [0.4, 0.5) is 0 Å². The van der Waals surface area contributed by atoms with E-state index in [9.17, 15) is 0 Å². The Morgan fingerprint density at radius 3 is 2.43 bits per heavy atom. The van der Waals surface area contributed by atoms with Crippen LogP contribution in [0.3, 0.4) is 0 Å². The summed E-state index contributed by atoms with van der Waals surface area (Å²) in [5, 5.41) is 3.60. The first-order valence-electron chi connectivity index (χ1n) is 8.73. The average Bonchev–Trinajstić information content (AvgIpc) is 3.32. The maximum atomic E-state index is 6.18. The number of benzene rings is 1. The van der Waals surface area contributed by atoms with Crippen molar-refractivity contribution in [2.45, 2.75) is 70.6 Å². The normalized spacial score (nSPS) is 26.0. The van der Waals surface area contributed by atoms with E-state index in [2.05, 4.69) is 36.5 Å². The number of rotatable bonds is 7. The van der Waals surface area contributed by atoms with Gasteiger partial charge in [0, 0.05) is 6.04 Å². The Labute approximate surface area is 129 Å². The van der Waals surface area contributed by atoms with E-state index in [1.54, 1.807) is 0 Å². The lowest BCUT2D eigenvalue weighted by atomic mass is 9.89. The van der Waals surface area contributed by atoms with Gasteiger partial charge in [-0.25, -0.2) is 0 Å². The fourth-order valence-corrected chi connectivity index (χ4v) is 3.24. The summed E-state index contributed by atoms with van der Waals surface area (Å²) in [5.41, 5.74) is 2.84. The van der Waals surface area contributed by atoms with Gasteiger partial charge in [-0.15, -0.1) is 0 Å². The Hall–Kier alpha value is -0.860. The lowest BCUT2D eigenvalue weighted by molar-refractivity contribution is 0.00848. The maximum Gasteiger partial charge on any atom is 0.0723 e. The van der Waals surface area contributed by atoms with Gasteiger partial charge < -0.3 is 10.1 Å². The van der Waals surface area contributed by atoms with Crippen molar-refractivity contribution in [3.63, 3.8) is 0 Å². The number of hydrogen-bond donors (Lipinski definition) is 1. The molecule has 0 saturated heterocycles. The van der Waals surface area contributed by atoms with Crippen molar-refractivity contribution in [3.05, 3.63) is 35.4 Å². The van der Waals surface area contributed by atoms with Crippen molar-refractivity contribution in [2.24, 2.45) is 5.92 Å². The summed E-state index contributed by atoms with van der Waals surface area (Å²) < 4.78 is 6.18. The molecule has 0 heterocycles. The second kappa shape index (κ2) is 7.42. The van der Waals surface area contributed by atoms with Crippen LogP contribution in [0.5, 0.6) is 0 Å².